The van der Waals surface area contributed by atoms with Gasteiger partial charge in [-0.1, -0.05) is 0 Å². The van der Waals surface area contributed by atoms with Crippen molar-refractivity contribution in [3.8, 4) is 0 Å². The van der Waals surface area contributed by atoms with Crippen LogP contribution in [0.4, 0.5) is 0 Å². The molecule has 2 aliphatic heterocycles. The van der Waals surface area contributed by atoms with Crippen LogP contribution in [0.5, 0.6) is 0 Å². The second kappa shape index (κ2) is 8.94. The van der Waals surface area contributed by atoms with E-state index in [1.807, 2.05) is 6.20 Å². The summed E-state index contributed by atoms with van der Waals surface area (Å²) in [7, 11) is 0. The molecule has 0 aromatic carbocycles. The van der Waals surface area contributed by atoms with Crippen LogP contribution in [0, 0.1) is 12.8 Å². The van der Waals surface area contributed by atoms with Crippen molar-refractivity contribution >= 4 is 0 Å². The Balaban J connectivity index is 1.28. The maximum atomic E-state index is 10.2. The molecule has 2 aliphatic rings. The average molecular weight is 337 g/mol. The quantitative estimate of drug-likeness (QED) is 0.778. The standard InChI is InChI=1S/C18H31N3O3/c1-15-9-19-21(10-15)11-16-4-6-20(7-5-16)12-17(22)13-23-14-18-3-2-8-24-18/h9-10,16-18,22H,2-8,11-14H2,1H3/t17-,18+/m1/s1. The van der Waals surface area contributed by atoms with Crippen LogP contribution in [-0.2, 0) is 16.0 Å². The molecule has 2 saturated heterocycles. The molecule has 0 unspecified atom stereocenters. The fourth-order valence-electron chi connectivity index (χ4n) is 3.64. The number of hydrogen-bond donors (Lipinski definition) is 1. The number of hydrogen-bond acceptors (Lipinski definition) is 5. The molecular weight excluding hydrogens is 306 g/mol. The van der Waals surface area contributed by atoms with Crippen LogP contribution in [-0.4, -0.2) is 71.4 Å². The summed E-state index contributed by atoms with van der Waals surface area (Å²) in [4.78, 5) is 2.35. The molecule has 1 N–H and O–H groups in total. The number of aliphatic hydroxyl groups is 1. The molecule has 3 rings (SSSR count). The number of rotatable bonds is 8. The molecule has 6 heteroatoms. The van der Waals surface area contributed by atoms with Crippen LogP contribution in [0.1, 0.15) is 31.2 Å². The Morgan fingerprint density at radius 1 is 1.38 bits per heavy atom. The van der Waals surface area contributed by atoms with Crippen molar-refractivity contribution in [3.63, 3.8) is 0 Å². The summed E-state index contributed by atoms with van der Waals surface area (Å²) >= 11 is 0. The third-order valence-electron chi connectivity index (χ3n) is 5.02. The number of β-amino-alcohol motifs (C(OH)–C–C–N with tert-alkyl or cyclic N) is 1. The van der Waals surface area contributed by atoms with Crippen molar-refractivity contribution in [1.82, 2.24) is 14.7 Å². The molecule has 6 nitrogen and oxygen atoms in total. The summed E-state index contributed by atoms with van der Waals surface area (Å²) in [6.45, 7) is 7.77. The lowest BCUT2D eigenvalue weighted by molar-refractivity contribution is -0.0276. The first kappa shape index (κ1) is 17.9. The molecule has 0 saturated carbocycles. The van der Waals surface area contributed by atoms with E-state index in [-0.39, 0.29) is 6.10 Å². The third-order valence-corrected chi connectivity index (χ3v) is 5.02. The number of ether oxygens (including phenoxy) is 2. The highest BCUT2D eigenvalue weighted by Gasteiger charge is 2.22. The molecule has 0 radical (unpaired) electrons. The molecule has 0 amide bonds. The van der Waals surface area contributed by atoms with E-state index >= 15 is 0 Å². The predicted octanol–water partition coefficient (Wildman–Crippen LogP) is 1.46. The van der Waals surface area contributed by atoms with Crippen molar-refractivity contribution in [2.45, 2.75) is 51.4 Å². The van der Waals surface area contributed by atoms with E-state index < -0.39 is 6.10 Å². The second-order valence-electron chi connectivity index (χ2n) is 7.31. The Labute approximate surface area is 144 Å². The molecule has 0 aliphatic carbocycles. The molecule has 136 valence electrons. The van der Waals surface area contributed by atoms with E-state index in [1.54, 1.807) is 0 Å². The first-order valence-corrected chi connectivity index (χ1v) is 9.28. The summed E-state index contributed by atoms with van der Waals surface area (Å²) in [6, 6.07) is 0. The van der Waals surface area contributed by atoms with Gasteiger partial charge in [0.1, 0.15) is 0 Å². The van der Waals surface area contributed by atoms with Crippen LogP contribution < -0.4 is 0 Å². The van der Waals surface area contributed by atoms with Crippen molar-refractivity contribution < 1.29 is 14.6 Å². The van der Waals surface area contributed by atoms with E-state index in [1.165, 1.54) is 18.4 Å². The van der Waals surface area contributed by atoms with Gasteiger partial charge in [0.2, 0.25) is 0 Å². The van der Waals surface area contributed by atoms with Gasteiger partial charge >= 0.3 is 0 Å². The molecule has 1 aromatic rings. The summed E-state index contributed by atoms with van der Waals surface area (Å²) in [6.07, 6.45) is 8.41. The second-order valence-corrected chi connectivity index (χ2v) is 7.31. The van der Waals surface area contributed by atoms with E-state index in [2.05, 4.69) is 27.8 Å². The highest BCUT2D eigenvalue weighted by atomic mass is 16.5. The highest BCUT2D eigenvalue weighted by molar-refractivity contribution is 4.99. The number of aliphatic hydroxyl groups excluding tert-OH is 1. The van der Waals surface area contributed by atoms with Gasteiger partial charge in [0, 0.05) is 25.9 Å². The Morgan fingerprint density at radius 3 is 2.88 bits per heavy atom. The van der Waals surface area contributed by atoms with Crippen LogP contribution in [0.25, 0.3) is 0 Å². The van der Waals surface area contributed by atoms with Gasteiger partial charge in [-0.2, -0.15) is 5.10 Å². The number of aryl methyl sites for hydroxylation is 1. The zero-order chi connectivity index (χ0) is 16.8. The fraction of sp³-hybridized carbons (Fsp3) is 0.833. The van der Waals surface area contributed by atoms with E-state index in [4.69, 9.17) is 9.47 Å². The van der Waals surface area contributed by atoms with Crippen LogP contribution in [0.2, 0.25) is 0 Å². The van der Waals surface area contributed by atoms with Gasteiger partial charge in [-0.3, -0.25) is 4.68 Å². The van der Waals surface area contributed by atoms with Crippen molar-refractivity contribution in [2.24, 2.45) is 5.92 Å². The molecular formula is C18H31N3O3. The summed E-state index contributed by atoms with van der Waals surface area (Å²) in [5.74, 6) is 0.688. The number of aromatic nitrogens is 2. The Morgan fingerprint density at radius 2 is 2.21 bits per heavy atom. The molecule has 3 heterocycles. The summed E-state index contributed by atoms with van der Waals surface area (Å²) in [5, 5.41) is 14.5. The Bertz CT molecular complexity index is 480. The summed E-state index contributed by atoms with van der Waals surface area (Å²) in [5.41, 5.74) is 1.22. The Kier molecular flexibility index (Phi) is 6.66. The maximum Gasteiger partial charge on any atom is 0.0900 e. The van der Waals surface area contributed by atoms with Crippen LogP contribution in [0.3, 0.4) is 0 Å². The Hall–Kier alpha value is -0.950. The average Bonchev–Trinajstić information content (AvgIpc) is 3.21. The van der Waals surface area contributed by atoms with E-state index in [0.29, 0.717) is 25.7 Å². The number of nitrogens with zero attached hydrogens (tertiary/aromatic N) is 3. The van der Waals surface area contributed by atoms with Gasteiger partial charge < -0.3 is 19.5 Å². The molecule has 2 fully saturated rings. The summed E-state index contributed by atoms with van der Waals surface area (Å²) < 4.78 is 13.2. The molecule has 0 bridgehead atoms. The highest BCUT2D eigenvalue weighted by Crippen LogP contribution is 2.19. The minimum absolute atomic E-state index is 0.235. The van der Waals surface area contributed by atoms with Gasteiger partial charge in [-0.15, -0.1) is 0 Å². The van der Waals surface area contributed by atoms with Gasteiger partial charge in [0.05, 0.1) is 31.6 Å². The van der Waals surface area contributed by atoms with Crippen molar-refractivity contribution in [3.05, 3.63) is 18.0 Å². The van der Waals surface area contributed by atoms with Crippen LogP contribution >= 0.6 is 0 Å². The van der Waals surface area contributed by atoms with Gasteiger partial charge in [0.25, 0.3) is 0 Å². The van der Waals surface area contributed by atoms with Crippen molar-refractivity contribution in [2.75, 3.05) is 39.5 Å². The zero-order valence-corrected chi connectivity index (χ0v) is 14.8. The van der Waals surface area contributed by atoms with E-state index in [0.717, 1.165) is 39.1 Å². The molecule has 1 aromatic heterocycles. The first-order valence-electron chi connectivity index (χ1n) is 9.28. The molecule has 0 spiro atoms. The van der Waals surface area contributed by atoms with Crippen molar-refractivity contribution in [1.29, 1.82) is 0 Å². The smallest absolute Gasteiger partial charge is 0.0900 e. The topological polar surface area (TPSA) is 59.8 Å². The lowest BCUT2D eigenvalue weighted by atomic mass is 9.96. The third kappa shape index (κ3) is 5.55. The van der Waals surface area contributed by atoms with Gasteiger partial charge in [0.15, 0.2) is 0 Å². The predicted molar refractivity (Wildman–Crippen MR) is 91.9 cm³/mol. The normalized spacial score (nSPS) is 24.5. The fourth-order valence-corrected chi connectivity index (χ4v) is 3.64. The molecule has 24 heavy (non-hydrogen) atoms. The van der Waals surface area contributed by atoms with E-state index in [9.17, 15) is 5.11 Å². The minimum Gasteiger partial charge on any atom is -0.389 e. The zero-order valence-electron chi connectivity index (χ0n) is 14.8. The number of piperidine rings is 1. The lowest BCUT2D eigenvalue weighted by Gasteiger charge is -2.33. The number of likely N-dealkylation sites (tertiary alicyclic amines) is 1. The largest absolute Gasteiger partial charge is 0.389 e. The molecule has 2 atom stereocenters. The maximum absolute atomic E-state index is 10.2. The van der Waals surface area contributed by atoms with Gasteiger partial charge in [-0.25, -0.2) is 0 Å². The SMILES string of the molecule is Cc1cnn(CC2CCN(C[C@@H](O)COC[C@@H]3CCCO3)CC2)c1. The first-order chi connectivity index (χ1) is 11.7. The van der Waals surface area contributed by atoms with Gasteiger partial charge in [-0.05, 0) is 57.2 Å². The lowest BCUT2D eigenvalue weighted by Crippen LogP contribution is -2.41. The minimum atomic E-state index is -0.406. The van der Waals surface area contributed by atoms with Crippen LogP contribution in [0.15, 0.2) is 12.4 Å². The monoisotopic (exact) mass is 337 g/mol.